The van der Waals surface area contributed by atoms with Crippen molar-refractivity contribution in [1.82, 2.24) is 5.32 Å². The first-order chi connectivity index (χ1) is 9.65. The van der Waals surface area contributed by atoms with Crippen LogP contribution in [0, 0.1) is 0 Å². The average molecular weight is 280 g/mol. The molecule has 20 heavy (non-hydrogen) atoms. The molecule has 1 atom stereocenters. The maximum atomic E-state index is 12.4. The molecule has 0 saturated heterocycles. The first-order valence-corrected chi connectivity index (χ1v) is 6.63. The highest BCUT2D eigenvalue weighted by molar-refractivity contribution is 5.87. The van der Waals surface area contributed by atoms with Gasteiger partial charge in [0.05, 0.1) is 25.7 Å². The van der Waals surface area contributed by atoms with Gasteiger partial charge in [0.2, 0.25) is 5.91 Å². The molecule has 1 aliphatic rings. The Hall–Kier alpha value is -1.63. The summed E-state index contributed by atoms with van der Waals surface area (Å²) in [6.07, 6.45) is 0.626. The minimum Gasteiger partial charge on any atom is -0.394 e. The molecule has 0 saturated carbocycles. The lowest BCUT2D eigenvalue weighted by molar-refractivity contribution is -0.127. The molecule has 0 radical (unpaired) electrons. The van der Waals surface area contributed by atoms with Crippen LogP contribution in [0.1, 0.15) is 17.9 Å². The number of carbonyl (C=O) groups is 1. The molecule has 0 aliphatic carbocycles. The molecule has 0 aromatic heterocycles. The molecule has 0 fully saturated rings. The first-order valence-electron chi connectivity index (χ1n) is 6.63. The zero-order valence-electron chi connectivity index (χ0n) is 11.2. The van der Waals surface area contributed by atoms with Gasteiger partial charge < -0.3 is 26.0 Å². The number of para-hydroxylation sites is 1. The van der Waals surface area contributed by atoms with Gasteiger partial charge in [-0.2, -0.15) is 0 Å². The predicted octanol–water partition coefficient (Wildman–Crippen LogP) is -0.582. The molecule has 1 amide bonds. The van der Waals surface area contributed by atoms with Crippen LogP contribution in [-0.4, -0.2) is 53.1 Å². The Labute approximate surface area is 117 Å². The van der Waals surface area contributed by atoms with E-state index in [0.717, 1.165) is 11.3 Å². The van der Waals surface area contributed by atoms with Gasteiger partial charge in [-0.1, -0.05) is 18.2 Å². The SMILES string of the molecule is O=C(NC(CO)(CO)CO)C1CCNc2ccccc21. The number of rotatable bonds is 5. The largest absolute Gasteiger partial charge is 0.394 e. The van der Waals surface area contributed by atoms with E-state index in [4.69, 9.17) is 0 Å². The Bertz CT molecular complexity index is 466. The summed E-state index contributed by atoms with van der Waals surface area (Å²) < 4.78 is 0. The number of nitrogens with one attached hydrogen (secondary N) is 2. The maximum Gasteiger partial charge on any atom is 0.228 e. The van der Waals surface area contributed by atoms with Crippen LogP contribution >= 0.6 is 0 Å². The van der Waals surface area contributed by atoms with Crippen LogP contribution in [0.15, 0.2) is 24.3 Å². The van der Waals surface area contributed by atoms with Crippen LogP contribution in [0.3, 0.4) is 0 Å². The second-order valence-corrected chi connectivity index (χ2v) is 5.10. The molecule has 2 rings (SSSR count). The number of carbonyl (C=O) groups excluding carboxylic acids is 1. The van der Waals surface area contributed by atoms with Crippen molar-refractivity contribution >= 4 is 11.6 Å². The quantitative estimate of drug-likeness (QED) is 0.496. The summed E-state index contributed by atoms with van der Waals surface area (Å²) >= 11 is 0. The fourth-order valence-corrected chi connectivity index (χ4v) is 2.36. The van der Waals surface area contributed by atoms with E-state index >= 15 is 0 Å². The molecule has 6 heteroatoms. The van der Waals surface area contributed by atoms with Crippen molar-refractivity contribution in [2.24, 2.45) is 0 Å². The lowest BCUT2D eigenvalue weighted by Crippen LogP contribution is -2.58. The van der Waals surface area contributed by atoms with Crippen LogP contribution in [0.5, 0.6) is 0 Å². The number of benzene rings is 1. The van der Waals surface area contributed by atoms with Gasteiger partial charge in [0.1, 0.15) is 5.54 Å². The van der Waals surface area contributed by atoms with E-state index in [2.05, 4.69) is 10.6 Å². The molecule has 1 aliphatic heterocycles. The number of amides is 1. The second kappa shape index (κ2) is 6.21. The summed E-state index contributed by atoms with van der Waals surface area (Å²) in [7, 11) is 0. The van der Waals surface area contributed by atoms with Gasteiger partial charge >= 0.3 is 0 Å². The third-order valence-electron chi connectivity index (χ3n) is 3.70. The van der Waals surface area contributed by atoms with E-state index < -0.39 is 25.4 Å². The van der Waals surface area contributed by atoms with Crippen LogP contribution in [0.25, 0.3) is 0 Å². The molecular formula is C14H20N2O4. The number of anilines is 1. The van der Waals surface area contributed by atoms with E-state index in [-0.39, 0.29) is 11.8 Å². The van der Waals surface area contributed by atoms with Crippen molar-refractivity contribution in [2.45, 2.75) is 17.9 Å². The fraction of sp³-hybridized carbons (Fsp3) is 0.500. The van der Waals surface area contributed by atoms with Crippen molar-refractivity contribution in [3.63, 3.8) is 0 Å². The normalized spacial score (nSPS) is 18.1. The summed E-state index contributed by atoms with van der Waals surface area (Å²) in [5, 5.41) is 33.6. The minimum atomic E-state index is -1.38. The molecule has 6 nitrogen and oxygen atoms in total. The molecule has 110 valence electrons. The Morgan fingerprint density at radius 1 is 1.25 bits per heavy atom. The van der Waals surface area contributed by atoms with Crippen LogP contribution in [0.4, 0.5) is 5.69 Å². The standard InChI is InChI=1S/C14H20N2O4/c17-7-14(8-18,9-19)16-13(20)11-5-6-15-12-4-2-1-3-10(11)12/h1-4,11,15,17-19H,5-9H2,(H,16,20). The van der Waals surface area contributed by atoms with Crippen LogP contribution < -0.4 is 10.6 Å². The lowest BCUT2D eigenvalue weighted by Gasteiger charge is -2.32. The minimum absolute atomic E-state index is 0.295. The van der Waals surface area contributed by atoms with Gasteiger partial charge in [0, 0.05) is 12.2 Å². The highest BCUT2D eigenvalue weighted by Gasteiger charge is 2.34. The topological polar surface area (TPSA) is 102 Å². The van der Waals surface area contributed by atoms with E-state index in [1.807, 2.05) is 24.3 Å². The lowest BCUT2D eigenvalue weighted by atomic mass is 9.89. The van der Waals surface area contributed by atoms with Crippen LogP contribution in [0.2, 0.25) is 0 Å². The molecule has 0 spiro atoms. The van der Waals surface area contributed by atoms with Crippen molar-refractivity contribution in [1.29, 1.82) is 0 Å². The Morgan fingerprint density at radius 2 is 1.90 bits per heavy atom. The van der Waals surface area contributed by atoms with E-state index in [9.17, 15) is 20.1 Å². The number of aliphatic hydroxyl groups excluding tert-OH is 3. The summed E-state index contributed by atoms with van der Waals surface area (Å²) in [6, 6.07) is 7.55. The molecule has 1 aromatic carbocycles. The van der Waals surface area contributed by atoms with Gasteiger partial charge in [-0.3, -0.25) is 4.79 Å². The van der Waals surface area contributed by atoms with E-state index in [1.54, 1.807) is 0 Å². The summed E-state index contributed by atoms with van der Waals surface area (Å²) in [5.74, 6) is -0.646. The second-order valence-electron chi connectivity index (χ2n) is 5.10. The highest BCUT2D eigenvalue weighted by atomic mass is 16.3. The van der Waals surface area contributed by atoms with E-state index in [1.165, 1.54) is 0 Å². The van der Waals surface area contributed by atoms with E-state index in [0.29, 0.717) is 13.0 Å². The van der Waals surface area contributed by atoms with Gasteiger partial charge in [-0.25, -0.2) is 0 Å². The third-order valence-corrected chi connectivity index (χ3v) is 3.70. The number of hydrogen-bond acceptors (Lipinski definition) is 5. The van der Waals surface area contributed by atoms with Crippen LogP contribution in [-0.2, 0) is 4.79 Å². The molecule has 0 bridgehead atoms. The van der Waals surface area contributed by atoms with Crippen molar-refractivity contribution in [2.75, 3.05) is 31.7 Å². The molecule has 1 heterocycles. The number of aliphatic hydroxyl groups is 3. The number of fused-ring (bicyclic) bond motifs is 1. The Morgan fingerprint density at radius 3 is 2.55 bits per heavy atom. The van der Waals surface area contributed by atoms with Crippen molar-refractivity contribution < 1.29 is 20.1 Å². The van der Waals surface area contributed by atoms with Gasteiger partial charge in [0.15, 0.2) is 0 Å². The molecule has 1 aromatic rings. The first kappa shape index (κ1) is 14.8. The molecule has 1 unspecified atom stereocenters. The van der Waals surface area contributed by atoms with Gasteiger partial charge in [-0.05, 0) is 18.1 Å². The van der Waals surface area contributed by atoms with Gasteiger partial charge in [0.25, 0.3) is 0 Å². The predicted molar refractivity (Wildman–Crippen MR) is 74.4 cm³/mol. The molecular weight excluding hydrogens is 260 g/mol. The molecule has 5 N–H and O–H groups in total. The zero-order valence-corrected chi connectivity index (χ0v) is 11.2. The smallest absolute Gasteiger partial charge is 0.228 e. The van der Waals surface area contributed by atoms with Crippen molar-refractivity contribution in [3.05, 3.63) is 29.8 Å². The van der Waals surface area contributed by atoms with Crippen molar-refractivity contribution in [3.8, 4) is 0 Å². The summed E-state index contributed by atoms with van der Waals surface area (Å²) in [6.45, 7) is -0.867. The van der Waals surface area contributed by atoms with Gasteiger partial charge in [-0.15, -0.1) is 0 Å². The Balaban J connectivity index is 2.19. The highest BCUT2D eigenvalue weighted by Crippen LogP contribution is 2.31. The monoisotopic (exact) mass is 280 g/mol. The Kier molecular flexibility index (Phi) is 4.59. The maximum absolute atomic E-state index is 12.4. The zero-order chi connectivity index (χ0) is 14.6. The average Bonchev–Trinajstić information content (AvgIpc) is 2.52. The number of hydrogen-bond donors (Lipinski definition) is 5. The fourth-order valence-electron chi connectivity index (χ4n) is 2.36. The third kappa shape index (κ3) is 2.77. The summed E-state index contributed by atoms with van der Waals surface area (Å²) in [4.78, 5) is 12.4. The summed E-state index contributed by atoms with van der Waals surface area (Å²) in [5.41, 5.74) is 0.428.